The number of anilines is 1. The second-order valence-electron chi connectivity index (χ2n) is 5.45. The summed E-state index contributed by atoms with van der Waals surface area (Å²) in [5, 5.41) is 3.40. The molecule has 1 fully saturated rings. The van der Waals surface area contributed by atoms with Crippen LogP contribution in [0.1, 0.15) is 24.0 Å². The van der Waals surface area contributed by atoms with Gasteiger partial charge in [0.25, 0.3) is 0 Å². The zero-order valence-corrected chi connectivity index (χ0v) is 10.9. The van der Waals surface area contributed by atoms with Crippen LogP contribution >= 0.6 is 0 Å². The Kier molecular flexibility index (Phi) is 3.08. The van der Waals surface area contributed by atoms with Crippen LogP contribution in [0, 0.1) is 5.92 Å². The van der Waals surface area contributed by atoms with Crippen molar-refractivity contribution in [3.63, 3.8) is 0 Å². The van der Waals surface area contributed by atoms with Gasteiger partial charge in [0, 0.05) is 7.05 Å². The maximum atomic E-state index is 11.8. The molecule has 1 N–H and O–H groups in total. The first-order chi connectivity index (χ1) is 8.75. The summed E-state index contributed by atoms with van der Waals surface area (Å²) >= 11 is 0. The average Bonchev–Trinajstić information content (AvgIpc) is 2.67. The van der Waals surface area contributed by atoms with E-state index in [2.05, 4.69) is 23.5 Å². The Morgan fingerprint density at radius 1 is 1.33 bits per heavy atom. The molecule has 2 heterocycles. The third kappa shape index (κ3) is 2.03. The Morgan fingerprint density at radius 3 is 2.89 bits per heavy atom. The predicted molar refractivity (Wildman–Crippen MR) is 72.9 cm³/mol. The number of hydrogen-bond acceptors (Lipinski definition) is 2. The molecule has 3 rings (SSSR count). The number of likely N-dealkylation sites (N-methyl/N-ethyl adjacent to an activating group) is 1. The maximum Gasteiger partial charge on any atom is 0.231 e. The third-order valence-electron chi connectivity index (χ3n) is 4.22. The number of carbonyl (C=O) groups is 1. The fraction of sp³-hybridized carbons (Fsp3) is 0.533. The number of carbonyl (C=O) groups excluding carboxylic acids is 1. The lowest BCUT2D eigenvalue weighted by molar-refractivity contribution is -0.117. The number of fused-ring (bicyclic) bond motifs is 1. The molecular formula is C15H20N2O. The summed E-state index contributed by atoms with van der Waals surface area (Å²) in [4.78, 5) is 13.6. The molecule has 18 heavy (non-hydrogen) atoms. The van der Waals surface area contributed by atoms with Crippen LogP contribution < -0.4 is 10.2 Å². The van der Waals surface area contributed by atoms with Crippen molar-refractivity contribution in [2.75, 3.05) is 25.0 Å². The predicted octanol–water partition coefficient (Wildman–Crippen LogP) is 1.75. The highest BCUT2D eigenvalue weighted by Crippen LogP contribution is 2.33. The standard InChI is InChI=1S/C15H20N2O/c1-17-14(18)10-13-4-2-3-12(15(13)17)9-11-5-7-16-8-6-11/h2-4,11,16H,5-10H2,1H3. The Balaban J connectivity index is 1.85. The molecule has 0 aliphatic carbocycles. The van der Waals surface area contributed by atoms with Crippen molar-refractivity contribution in [1.29, 1.82) is 0 Å². The number of piperidine rings is 1. The van der Waals surface area contributed by atoms with Gasteiger partial charge in [0.2, 0.25) is 5.91 Å². The van der Waals surface area contributed by atoms with Crippen molar-refractivity contribution in [1.82, 2.24) is 5.32 Å². The highest BCUT2D eigenvalue weighted by atomic mass is 16.2. The van der Waals surface area contributed by atoms with E-state index in [-0.39, 0.29) is 5.91 Å². The van der Waals surface area contributed by atoms with Gasteiger partial charge >= 0.3 is 0 Å². The largest absolute Gasteiger partial charge is 0.317 e. The molecule has 96 valence electrons. The van der Waals surface area contributed by atoms with Gasteiger partial charge in [-0.2, -0.15) is 0 Å². The van der Waals surface area contributed by atoms with Gasteiger partial charge in [0.15, 0.2) is 0 Å². The lowest BCUT2D eigenvalue weighted by Crippen LogP contribution is -2.29. The van der Waals surface area contributed by atoms with Crippen LogP contribution in [-0.4, -0.2) is 26.0 Å². The van der Waals surface area contributed by atoms with E-state index in [0.717, 1.165) is 25.4 Å². The van der Waals surface area contributed by atoms with E-state index in [9.17, 15) is 4.79 Å². The van der Waals surface area contributed by atoms with Gasteiger partial charge in [-0.3, -0.25) is 4.79 Å². The number of benzene rings is 1. The second-order valence-corrected chi connectivity index (χ2v) is 5.45. The van der Waals surface area contributed by atoms with Gasteiger partial charge in [0.05, 0.1) is 12.1 Å². The first-order valence-electron chi connectivity index (χ1n) is 6.84. The maximum absolute atomic E-state index is 11.8. The van der Waals surface area contributed by atoms with Crippen molar-refractivity contribution in [3.8, 4) is 0 Å². The van der Waals surface area contributed by atoms with Crippen LogP contribution in [0.4, 0.5) is 5.69 Å². The molecule has 0 radical (unpaired) electrons. The van der Waals surface area contributed by atoms with Crippen LogP contribution in [0.3, 0.4) is 0 Å². The second kappa shape index (κ2) is 4.73. The number of nitrogens with zero attached hydrogens (tertiary/aromatic N) is 1. The van der Waals surface area contributed by atoms with Crippen LogP contribution in [0.2, 0.25) is 0 Å². The molecule has 0 saturated carbocycles. The molecule has 1 aromatic carbocycles. The number of rotatable bonds is 2. The molecule has 2 aliphatic rings. The number of hydrogen-bond donors (Lipinski definition) is 1. The van der Waals surface area contributed by atoms with Crippen LogP contribution in [0.15, 0.2) is 18.2 Å². The molecule has 0 aromatic heterocycles. The number of amides is 1. The zero-order chi connectivity index (χ0) is 12.5. The zero-order valence-electron chi connectivity index (χ0n) is 10.9. The van der Waals surface area contributed by atoms with Crippen molar-refractivity contribution in [2.45, 2.75) is 25.7 Å². The lowest BCUT2D eigenvalue weighted by atomic mass is 9.89. The highest BCUT2D eigenvalue weighted by Gasteiger charge is 2.27. The summed E-state index contributed by atoms with van der Waals surface area (Å²) < 4.78 is 0. The first-order valence-corrected chi connectivity index (χ1v) is 6.84. The Labute approximate surface area is 108 Å². The van der Waals surface area contributed by atoms with Crippen molar-refractivity contribution >= 4 is 11.6 Å². The molecule has 1 aromatic rings. The smallest absolute Gasteiger partial charge is 0.231 e. The molecule has 3 heteroatoms. The average molecular weight is 244 g/mol. The summed E-state index contributed by atoms with van der Waals surface area (Å²) in [7, 11) is 1.90. The van der Waals surface area contributed by atoms with Gasteiger partial charge in [-0.1, -0.05) is 18.2 Å². The minimum atomic E-state index is 0.225. The summed E-state index contributed by atoms with van der Waals surface area (Å²) in [5.41, 5.74) is 3.74. The highest BCUT2D eigenvalue weighted by molar-refractivity contribution is 6.01. The van der Waals surface area contributed by atoms with E-state index in [4.69, 9.17) is 0 Å². The van der Waals surface area contributed by atoms with Gasteiger partial charge in [-0.25, -0.2) is 0 Å². The van der Waals surface area contributed by atoms with Crippen molar-refractivity contribution < 1.29 is 4.79 Å². The molecule has 0 bridgehead atoms. The van der Waals surface area contributed by atoms with Gasteiger partial charge in [-0.15, -0.1) is 0 Å². The van der Waals surface area contributed by atoms with Crippen LogP contribution in [0.5, 0.6) is 0 Å². The fourth-order valence-corrected chi connectivity index (χ4v) is 3.19. The topological polar surface area (TPSA) is 32.3 Å². The van der Waals surface area contributed by atoms with Crippen LogP contribution in [0.25, 0.3) is 0 Å². The monoisotopic (exact) mass is 244 g/mol. The Bertz CT molecular complexity index is 464. The van der Waals surface area contributed by atoms with E-state index >= 15 is 0 Å². The molecule has 0 atom stereocenters. The molecule has 1 saturated heterocycles. The van der Waals surface area contributed by atoms with E-state index in [1.807, 2.05) is 11.9 Å². The molecule has 2 aliphatic heterocycles. The van der Waals surface area contributed by atoms with Crippen molar-refractivity contribution in [3.05, 3.63) is 29.3 Å². The van der Waals surface area contributed by atoms with Crippen LogP contribution in [-0.2, 0) is 17.6 Å². The van der Waals surface area contributed by atoms with E-state index in [0.29, 0.717) is 6.42 Å². The lowest BCUT2D eigenvalue weighted by Gasteiger charge is -2.24. The summed E-state index contributed by atoms with van der Waals surface area (Å²) in [5.74, 6) is 0.990. The van der Waals surface area contributed by atoms with Gasteiger partial charge in [-0.05, 0) is 49.4 Å². The summed E-state index contributed by atoms with van der Waals surface area (Å²) in [6.07, 6.45) is 4.19. The molecule has 0 unspecified atom stereocenters. The minimum absolute atomic E-state index is 0.225. The third-order valence-corrected chi connectivity index (χ3v) is 4.22. The van der Waals surface area contributed by atoms with E-state index in [1.54, 1.807) is 0 Å². The first kappa shape index (κ1) is 11.7. The number of para-hydroxylation sites is 1. The SMILES string of the molecule is CN1C(=O)Cc2cccc(CC3CCNCC3)c21. The molecule has 1 amide bonds. The fourth-order valence-electron chi connectivity index (χ4n) is 3.19. The number of nitrogens with one attached hydrogen (secondary N) is 1. The van der Waals surface area contributed by atoms with Crippen molar-refractivity contribution in [2.24, 2.45) is 5.92 Å². The summed E-state index contributed by atoms with van der Waals surface area (Å²) in [6, 6.07) is 6.38. The quantitative estimate of drug-likeness (QED) is 0.859. The van der Waals surface area contributed by atoms with E-state index in [1.165, 1.54) is 29.7 Å². The molecular weight excluding hydrogens is 224 g/mol. The Hall–Kier alpha value is -1.35. The minimum Gasteiger partial charge on any atom is -0.317 e. The van der Waals surface area contributed by atoms with Gasteiger partial charge < -0.3 is 10.2 Å². The van der Waals surface area contributed by atoms with E-state index < -0.39 is 0 Å². The normalized spacial score (nSPS) is 20.3. The summed E-state index contributed by atoms with van der Waals surface area (Å²) in [6.45, 7) is 2.27. The van der Waals surface area contributed by atoms with Gasteiger partial charge in [0.1, 0.15) is 0 Å². The molecule has 0 spiro atoms. The Morgan fingerprint density at radius 2 is 2.11 bits per heavy atom. The molecule has 3 nitrogen and oxygen atoms in total.